The van der Waals surface area contributed by atoms with E-state index in [1.807, 2.05) is 12.2 Å². The molecule has 0 saturated carbocycles. The van der Waals surface area contributed by atoms with Crippen LogP contribution in [0.15, 0.2) is 24.3 Å². The van der Waals surface area contributed by atoms with E-state index in [2.05, 4.69) is 36.6 Å². The van der Waals surface area contributed by atoms with E-state index in [-0.39, 0.29) is 12.0 Å². The number of hydrogen-bond donors (Lipinski definition) is 6. The third kappa shape index (κ3) is 24.4. The second-order valence-corrected chi connectivity index (χ2v) is 14.3. The number of rotatable bonds is 28. The van der Waals surface area contributed by atoms with Crippen molar-refractivity contribution in [1.82, 2.24) is 10.6 Å². The highest BCUT2D eigenvalue weighted by Gasteiger charge is 2.29. The van der Waals surface area contributed by atoms with Crippen LogP contribution in [0.5, 0.6) is 0 Å². The van der Waals surface area contributed by atoms with Gasteiger partial charge in [-0.2, -0.15) is 0 Å². The molecule has 6 nitrogen and oxygen atoms in total. The average Bonchev–Trinajstić information content (AvgIpc) is 3.75. The van der Waals surface area contributed by atoms with Crippen LogP contribution in [0.4, 0.5) is 0 Å². The van der Waals surface area contributed by atoms with Crippen LogP contribution in [0.25, 0.3) is 0 Å². The van der Waals surface area contributed by atoms with Crippen LogP contribution >= 0.6 is 0 Å². The lowest BCUT2D eigenvalue weighted by Gasteiger charge is -2.19. The number of hydrogen-bond acceptors (Lipinski definition) is 6. The van der Waals surface area contributed by atoms with E-state index in [1.165, 1.54) is 128 Å². The SMILES string of the molecule is CCCCCCCCCCC/C=C/C(O)CC(O)C1CCCN1.CCCCCCCCCCCCC/C=C/C(O)C1CNCC1O. The van der Waals surface area contributed by atoms with Crippen molar-refractivity contribution in [2.75, 3.05) is 19.6 Å². The Morgan fingerprint density at radius 2 is 1.11 bits per heavy atom. The van der Waals surface area contributed by atoms with Gasteiger partial charge in [0.05, 0.1) is 24.4 Å². The summed E-state index contributed by atoms with van der Waals surface area (Å²) >= 11 is 0. The fourth-order valence-electron chi connectivity index (χ4n) is 6.69. The zero-order chi connectivity index (χ0) is 33.5. The highest BCUT2D eigenvalue weighted by atomic mass is 16.3. The first-order chi connectivity index (χ1) is 22.5. The molecule has 6 unspecified atom stereocenters. The summed E-state index contributed by atoms with van der Waals surface area (Å²) in [6.45, 7) is 6.84. The molecule has 6 N–H and O–H groups in total. The van der Waals surface area contributed by atoms with Gasteiger partial charge in [-0.1, -0.05) is 154 Å². The maximum atomic E-state index is 10.0. The zero-order valence-corrected chi connectivity index (χ0v) is 30.4. The van der Waals surface area contributed by atoms with Crippen molar-refractivity contribution >= 4 is 0 Å². The molecule has 2 aliphatic heterocycles. The molecule has 0 aliphatic carbocycles. The Labute approximate surface area is 285 Å². The summed E-state index contributed by atoms with van der Waals surface area (Å²) in [6.07, 6.45) is 37.9. The van der Waals surface area contributed by atoms with Crippen LogP contribution in [0.2, 0.25) is 0 Å². The lowest BCUT2D eigenvalue weighted by molar-refractivity contribution is 0.0680. The van der Waals surface area contributed by atoms with Crippen LogP contribution in [0.1, 0.15) is 174 Å². The number of nitrogens with one attached hydrogen (secondary N) is 2. The van der Waals surface area contributed by atoms with Gasteiger partial charge in [0.15, 0.2) is 0 Å². The molecule has 2 saturated heterocycles. The van der Waals surface area contributed by atoms with Crippen LogP contribution in [0, 0.1) is 5.92 Å². The number of β-amino-alcohol motifs (C(OH)–C–C–N with tert-alkyl or cyclic N) is 1. The molecule has 0 bridgehead atoms. The summed E-state index contributed by atoms with van der Waals surface area (Å²) in [5.41, 5.74) is 0. The van der Waals surface area contributed by atoms with Gasteiger partial charge in [0.2, 0.25) is 0 Å². The molecule has 0 amide bonds. The summed E-state index contributed by atoms with van der Waals surface area (Å²) in [7, 11) is 0. The second kappa shape index (κ2) is 31.5. The van der Waals surface area contributed by atoms with Crippen LogP contribution in [-0.2, 0) is 0 Å². The summed E-state index contributed by atoms with van der Waals surface area (Å²) in [6, 6.07) is 0.176. The van der Waals surface area contributed by atoms with Gasteiger partial charge in [-0.05, 0) is 45.1 Å². The lowest BCUT2D eigenvalue weighted by Crippen LogP contribution is -2.36. The Kier molecular flexibility index (Phi) is 29.6. The van der Waals surface area contributed by atoms with Gasteiger partial charge in [-0.15, -0.1) is 0 Å². The fraction of sp³-hybridized carbons (Fsp3) is 0.900. The van der Waals surface area contributed by atoms with Crippen LogP contribution in [0.3, 0.4) is 0 Å². The Hall–Kier alpha value is -0.760. The molecule has 2 aliphatic rings. The molecule has 0 aromatic carbocycles. The third-order valence-electron chi connectivity index (χ3n) is 9.85. The molecule has 2 heterocycles. The standard InChI is InChI=1S/2C20H39NO2/c1-2-3-4-5-6-7-8-9-10-11-12-14-18(22)17-20(23)19-15-13-16-21-19;1-2-3-4-5-6-7-8-9-10-11-12-13-14-15-19(22)18-16-21-17-20(18)23/h12,14,18-23H,2-11,13,15-17H2,1H3;14-15,18-23H,2-13,16-17H2,1H3/b14-12+;15-14+. The molecule has 2 rings (SSSR count). The quantitative estimate of drug-likeness (QED) is 0.0375. The van der Waals surface area contributed by atoms with Crippen molar-refractivity contribution in [2.24, 2.45) is 5.92 Å². The molecular weight excluding hydrogens is 572 g/mol. The maximum absolute atomic E-state index is 10.0. The molecule has 0 radical (unpaired) electrons. The minimum atomic E-state index is -0.508. The Bertz CT molecular complexity index is 697. The molecule has 46 heavy (non-hydrogen) atoms. The normalized spacial score (nSPS) is 22.0. The number of aliphatic hydroxyl groups excluding tert-OH is 4. The molecule has 272 valence electrons. The summed E-state index contributed by atoms with van der Waals surface area (Å²) < 4.78 is 0. The van der Waals surface area contributed by atoms with E-state index in [4.69, 9.17) is 0 Å². The molecule has 0 aromatic heterocycles. The van der Waals surface area contributed by atoms with E-state index in [0.717, 1.165) is 32.2 Å². The Morgan fingerprint density at radius 1 is 0.630 bits per heavy atom. The minimum Gasteiger partial charge on any atom is -0.391 e. The van der Waals surface area contributed by atoms with Crippen LogP contribution < -0.4 is 10.6 Å². The first-order valence-corrected chi connectivity index (χ1v) is 20.0. The summed E-state index contributed by atoms with van der Waals surface area (Å²) in [4.78, 5) is 0. The number of allylic oxidation sites excluding steroid dienone is 2. The first-order valence-electron chi connectivity index (χ1n) is 20.0. The van der Waals surface area contributed by atoms with E-state index >= 15 is 0 Å². The number of unbranched alkanes of at least 4 members (excludes halogenated alkanes) is 20. The topological polar surface area (TPSA) is 105 Å². The third-order valence-corrected chi connectivity index (χ3v) is 9.85. The smallest absolute Gasteiger partial charge is 0.0786 e. The molecule has 0 aromatic rings. The summed E-state index contributed by atoms with van der Waals surface area (Å²) in [5.74, 6) is -0.0384. The van der Waals surface area contributed by atoms with Crippen molar-refractivity contribution in [3.63, 3.8) is 0 Å². The highest BCUT2D eigenvalue weighted by molar-refractivity contribution is 4.97. The largest absolute Gasteiger partial charge is 0.391 e. The molecule has 6 atom stereocenters. The Morgan fingerprint density at radius 3 is 1.54 bits per heavy atom. The predicted octanol–water partition coefficient (Wildman–Crippen LogP) is 8.51. The van der Waals surface area contributed by atoms with Crippen LogP contribution in [-0.4, -0.2) is 70.5 Å². The van der Waals surface area contributed by atoms with Gasteiger partial charge in [-0.3, -0.25) is 0 Å². The molecular formula is C40H78N2O4. The molecule has 0 spiro atoms. The maximum Gasteiger partial charge on any atom is 0.0786 e. The van der Waals surface area contributed by atoms with Crippen molar-refractivity contribution < 1.29 is 20.4 Å². The van der Waals surface area contributed by atoms with E-state index < -0.39 is 24.4 Å². The average molecular weight is 651 g/mol. The monoisotopic (exact) mass is 651 g/mol. The van der Waals surface area contributed by atoms with Gasteiger partial charge in [-0.25, -0.2) is 0 Å². The minimum absolute atomic E-state index is 0.0384. The lowest BCUT2D eigenvalue weighted by atomic mass is 9.98. The van der Waals surface area contributed by atoms with E-state index in [1.54, 1.807) is 0 Å². The van der Waals surface area contributed by atoms with Gasteiger partial charge >= 0.3 is 0 Å². The fourth-order valence-corrected chi connectivity index (χ4v) is 6.69. The molecule has 6 heteroatoms. The highest BCUT2D eigenvalue weighted by Crippen LogP contribution is 2.17. The van der Waals surface area contributed by atoms with E-state index in [9.17, 15) is 20.4 Å². The van der Waals surface area contributed by atoms with Crippen molar-refractivity contribution in [1.29, 1.82) is 0 Å². The van der Waals surface area contributed by atoms with E-state index in [0.29, 0.717) is 19.5 Å². The van der Waals surface area contributed by atoms with Gasteiger partial charge in [0.1, 0.15) is 0 Å². The van der Waals surface area contributed by atoms with Gasteiger partial charge < -0.3 is 31.1 Å². The first kappa shape index (κ1) is 43.3. The second-order valence-electron chi connectivity index (χ2n) is 14.3. The van der Waals surface area contributed by atoms with Crippen molar-refractivity contribution in [3.05, 3.63) is 24.3 Å². The summed E-state index contributed by atoms with van der Waals surface area (Å²) in [5, 5.41) is 46.1. The van der Waals surface area contributed by atoms with Gasteiger partial charge in [0.25, 0.3) is 0 Å². The zero-order valence-electron chi connectivity index (χ0n) is 30.4. The Balaban J connectivity index is 0.000000460. The predicted molar refractivity (Wildman–Crippen MR) is 197 cm³/mol. The number of aliphatic hydroxyl groups is 4. The van der Waals surface area contributed by atoms with Crippen molar-refractivity contribution in [3.8, 4) is 0 Å². The van der Waals surface area contributed by atoms with Gasteiger partial charge in [0, 0.05) is 31.5 Å². The molecule has 2 fully saturated rings. The van der Waals surface area contributed by atoms with Crippen molar-refractivity contribution in [2.45, 2.75) is 205 Å².